The third kappa shape index (κ3) is 3.39. The van der Waals surface area contributed by atoms with Gasteiger partial charge in [-0.05, 0) is 10.9 Å². The maximum absolute atomic E-state index is 10.8. The first-order valence-corrected chi connectivity index (χ1v) is 6.07. The minimum Gasteiger partial charge on any atom is -0.480 e. The molecule has 1 N–H and O–H groups in total. The smallest absolute Gasteiger partial charge is 0.317 e. The van der Waals surface area contributed by atoms with Crippen LogP contribution >= 0.6 is 0 Å². The second-order valence-electron chi connectivity index (χ2n) is 4.37. The third-order valence-electron chi connectivity index (χ3n) is 2.89. The molecular formula is C15H16N2O2. The largest absolute Gasteiger partial charge is 0.480 e. The van der Waals surface area contributed by atoms with Gasteiger partial charge < -0.3 is 5.11 Å². The minimum absolute atomic E-state index is 0.00472. The van der Waals surface area contributed by atoms with Crippen LogP contribution in [0.5, 0.6) is 0 Å². The van der Waals surface area contributed by atoms with Crippen LogP contribution in [0.4, 0.5) is 0 Å². The molecule has 0 radical (unpaired) electrons. The normalized spacial score (nSPS) is 10.8. The zero-order valence-electron chi connectivity index (χ0n) is 10.6. The van der Waals surface area contributed by atoms with Crippen molar-refractivity contribution in [1.82, 2.24) is 9.88 Å². The SMILES string of the molecule is C=CCN(CC(=O)O)Cc1cncc2ccccc12. The Bertz CT molecular complexity index is 590. The zero-order valence-corrected chi connectivity index (χ0v) is 10.6. The number of rotatable bonds is 6. The molecular weight excluding hydrogens is 240 g/mol. The quantitative estimate of drug-likeness (QED) is 0.806. The summed E-state index contributed by atoms with van der Waals surface area (Å²) < 4.78 is 0. The Morgan fingerprint density at radius 3 is 2.89 bits per heavy atom. The van der Waals surface area contributed by atoms with E-state index < -0.39 is 5.97 Å². The molecule has 98 valence electrons. The summed E-state index contributed by atoms with van der Waals surface area (Å²) in [6.45, 7) is 4.74. The molecule has 4 heteroatoms. The van der Waals surface area contributed by atoms with Gasteiger partial charge in [-0.15, -0.1) is 6.58 Å². The lowest BCUT2D eigenvalue weighted by molar-refractivity contribution is -0.138. The van der Waals surface area contributed by atoms with Gasteiger partial charge in [0.2, 0.25) is 0 Å². The molecule has 0 saturated heterocycles. The highest BCUT2D eigenvalue weighted by Crippen LogP contribution is 2.18. The summed E-state index contributed by atoms with van der Waals surface area (Å²) in [5.41, 5.74) is 1.03. The van der Waals surface area contributed by atoms with Gasteiger partial charge in [-0.25, -0.2) is 0 Å². The second-order valence-corrected chi connectivity index (χ2v) is 4.37. The van der Waals surface area contributed by atoms with Crippen molar-refractivity contribution in [1.29, 1.82) is 0 Å². The van der Waals surface area contributed by atoms with Crippen molar-refractivity contribution in [3.8, 4) is 0 Å². The molecule has 0 fully saturated rings. The lowest BCUT2D eigenvalue weighted by atomic mass is 10.1. The van der Waals surface area contributed by atoms with E-state index in [-0.39, 0.29) is 6.54 Å². The lowest BCUT2D eigenvalue weighted by Gasteiger charge is -2.19. The number of pyridine rings is 1. The van der Waals surface area contributed by atoms with Crippen LogP contribution in [-0.2, 0) is 11.3 Å². The third-order valence-corrected chi connectivity index (χ3v) is 2.89. The van der Waals surface area contributed by atoms with Gasteiger partial charge in [0.25, 0.3) is 0 Å². The van der Waals surface area contributed by atoms with Crippen LogP contribution in [0.15, 0.2) is 49.3 Å². The number of carboxylic acids is 1. The molecule has 1 aromatic carbocycles. The standard InChI is InChI=1S/C15H16N2O2/c1-2-7-17(11-15(18)19)10-13-9-16-8-12-5-3-4-6-14(12)13/h2-6,8-9H,1,7,10-11H2,(H,18,19). The summed E-state index contributed by atoms with van der Waals surface area (Å²) in [6, 6.07) is 7.97. The Morgan fingerprint density at radius 1 is 1.37 bits per heavy atom. The zero-order chi connectivity index (χ0) is 13.7. The van der Waals surface area contributed by atoms with Gasteiger partial charge in [0.05, 0.1) is 6.54 Å². The number of benzene rings is 1. The Kier molecular flexibility index (Phi) is 4.26. The van der Waals surface area contributed by atoms with Crippen LogP contribution in [0.1, 0.15) is 5.56 Å². The Morgan fingerprint density at radius 2 is 2.16 bits per heavy atom. The first-order valence-electron chi connectivity index (χ1n) is 6.07. The van der Waals surface area contributed by atoms with Crippen LogP contribution in [-0.4, -0.2) is 34.0 Å². The summed E-state index contributed by atoms with van der Waals surface area (Å²) in [7, 11) is 0. The van der Waals surface area contributed by atoms with E-state index in [9.17, 15) is 4.79 Å². The Hall–Kier alpha value is -2.20. The van der Waals surface area contributed by atoms with E-state index in [0.29, 0.717) is 13.1 Å². The topological polar surface area (TPSA) is 53.4 Å². The van der Waals surface area contributed by atoms with Crippen molar-refractivity contribution >= 4 is 16.7 Å². The van der Waals surface area contributed by atoms with Gasteiger partial charge in [-0.2, -0.15) is 0 Å². The Balaban J connectivity index is 2.27. The van der Waals surface area contributed by atoms with Gasteiger partial charge >= 0.3 is 5.97 Å². The van der Waals surface area contributed by atoms with E-state index in [2.05, 4.69) is 11.6 Å². The molecule has 0 saturated carbocycles. The predicted molar refractivity (Wildman–Crippen MR) is 74.9 cm³/mol. The fraction of sp³-hybridized carbons (Fsp3) is 0.200. The molecule has 2 aromatic rings. The van der Waals surface area contributed by atoms with Gasteiger partial charge in [-0.1, -0.05) is 30.3 Å². The van der Waals surface area contributed by atoms with Crippen molar-refractivity contribution in [2.45, 2.75) is 6.54 Å². The maximum Gasteiger partial charge on any atom is 0.317 e. The average molecular weight is 256 g/mol. The summed E-state index contributed by atoms with van der Waals surface area (Å²) in [5, 5.41) is 11.1. The van der Waals surface area contributed by atoms with Crippen molar-refractivity contribution in [2.24, 2.45) is 0 Å². The van der Waals surface area contributed by atoms with Crippen LogP contribution in [0.2, 0.25) is 0 Å². The minimum atomic E-state index is -0.838. The highest BCUT2D eigenvalue weighted by molar-refractivity contribution is 5.84. The fourth-order valence-electron chi connectivity index (χ4n) is 2.10. The van der Waals surface area contributed by atoms with Crippen LogP contribution in [0, 0.1) is 0 Å². The van der Waals surface area contributed by atoms with Gasteiger partial charge in [0.15, 0.2) is 0 Å². The van der Waals surface area contributed by atoms with E-state index in [1.54, 1.807) is 12.3 Å². The Labute approximate surface area is 112 Å². The van der Waals surface area contributed by atoms with Crippen LogP contribution in [0.25, 0.3) is 10.8 Å². The van der Waals surface area contributed by atoms with Crippen molar-refractivity contribution in [3.05, 3.63) is 54.9 Å². The molecule has 0 aliphatic rings. The predicted octanol–water partition coefficient (Wildman–Crippen LogP) is 2.31. The molecule has 19 heavy (non-hydrogen) atoms. The first kappa shape index (κ1) is 13.2. The molecule has 1 heterocycles. The van der Waals surface area contributed by atoms with Crippen LogP contribution in [0.3, 0.4) is 0 Å². The van der Waals surface area contributed by atoms with E-state index in [1.807, 2.05) is 35.4 Å². The molecule has 0 atom stereocenters. The number of fused-ring (bicyclic) bond motifs is 1. The van der Waals surface area contributed by atoms with Crippen LogP contribution < -0.4 is 0 Å². The number of nitrogens with zero attached hydrogens (tertiary/aromatic N) is 2. The van der Waals surface area contributed by atoms with E-state index >= 15 is 0 Å². The van der Waals surface area contributed by atoms with Crippen molar-refractivity contribution in [2.75, 3.05) is 13.1 Å². The molecule has 0 unspecified atom stereocenters. The molecule has 0 aliphatic carbocycles. The number of hydrogen-bond donors (Lipinski definition) is 1. The lowest BCUT2D eigenvalue weighted by Crippen LogP contribution is -2.29. The maximum atomic E-state index is 10.8. The summed E-state index contributed by atoms with van der Waals surface area (Å²) in [4.78, 5) is 16.9. The van der Waals surface area contributed by atoms with E-state index in [4.69, 9.17) is 5.11 Å². The molecule has 0 bridgehead atoms. The van der Waals surface area contributed by atoms with Gasteiger partial charge in [0, 0.05) is 30.9 Å². The molecule has 0 spiro atoms. The van der Waals surface area contributed by atoms with E-state index in [0.717, 1.165) is 16.3 Å². The van der Waals surface area contributed by atoms with Gasteiger partial charge in [0.1, 0.15) is 0 Å². The second kappa shape index (κ2) is 6.11. The van der Waals surface area contributed by atoms with E-state index in [1.165, 1.54) is 0 Å². The summed E-state index contributed by atoms with van der Waals surface area (Å²) in [5.74, 6) is -0.838. The molecule has 1 aromatic heterocycles. The highest BCUT2D eigenvalue weighted by Gasteiger charge is 2.10. The molecule has 0 aliphatic heterocycles. The number of aliphatic carboxylic acids is 1. The number of aromatic nitrogens is 1. The summed E-state index contributed by atoms with van der Waals surface area (Å²) in [6.07, 6.45) is 5.32. The van der Waals surface area contributed by atoms with Crippen molar-refractivity contribution < 1.29 is 9.90 Å². The monoisotopic (exact) mass is 256 g/mol. The van der Waals surface area contributed by atoms with Gasteiger partial charge in [-0.3, -0.25) is 14.7 Å². The fourth-order valence-corrected chi connectivity index (χ4v) is 2.10. The molecule has 2 rings (SSSR count). The number of carbonyl (C=O) groups is 1. The molecule has 0 amide bonds. The number of carboxylic acid groups (broad SMARTS) is 1. The molecule has 4 nitrogen and oxygen atoms in total. The summed E-state index contributed by atoms with van der Waals surface area (Å²) >= 11 is 0. The average Bonchev–Trinajstić information content (AvgIpc) is 2.39. The van der Waals surface area contributed by atoms with Crippen molar-refractivity contribution in [3.63, 3.8) is 0 Å². The number of hydrogen-bond acceptors (Lipinski definition) is 3. The first-order chi connectivity index (χ1) is 9.20. The highest BCUT2D eigenvalue weighted by atomic mass is 16.4.